The lowest BCUT2D eigenvalue weighted by Gasteiger charge is -1.87. The summed E-state index contributed by atoms with van der Waals surface area (Å²) in [4.78, 5) is 10.9. The van der Waals surface area contributed by atoms with Crippen molar-refractivity contribution >= 4 is 0 Å². The first-order chi connectivity index (χ1) is 5.33. The second-order valence-corrected chi connectivity index (χ2v) is 2.75. The van der Waals surface area contributed by atoms with E-state index in [1.807, 2.05) is 6.07 Å². The molecular formula is C7H7N3O. The minimum absolute atomic E-state index is 0.257. The normalized spacial score (nSPS) is 16.3. The largest absolute Gasteiger partial charge is 0.301 e. The molecule has 56 valence electrons. The van der Waals surface area contributed by atoms with Crippen LogP contribution < -0.4 is 5.56 Å². The van der Waals surface area contributed by atoms with Gasteiger partial charge < -0.3 is 5.10 Å². The van der Waals surface area contributed by atoms with E-state index in [1.165, 1.54) is 0 Å². The molecule has 1 aliphatic carbocycles. The Morgan fingerprint density at radius 3 is 2.73 bits per heavy atom. The van der Waals surface area contributed by atoms with Gasteiger partial charge in [0.25, 0.3) is 5.56 Å². The number of H-pyrrole nitrogens is 2. The van der Waals surface area contributed by atoms with Crippen LogP contribution in [0.2, 0.25) is 0 Å². The molecule has 0 aromatic carbocycles. The van der Waals surface area contributed by atoms with Crippen molar-refractivity contribution in [2.45, 2.75) is 18.8 Å². The van der Waals surface area contributed by atoms with Gasteiger partial charge in [-0.2, -0.15) is 5.26 Å². The van der Waals surface area contributed by atoms with E-state index in [0.29, 0.717) is 5.92 Å². The summed E-state index contributed by atoms with van der Waals surface area (Å²) in [6.45, 7) is 0. The van der Waals surface area contributed by atoms with Crippen LogP contribution in [0.3, 0.4) is 0 Å². The molecule has 1 fully saturated rings. The second kappa shape index (κ2) is 1.99. The standard InChI is InChI=1S/C7H7N3O/c8-3-5-6(4-1-2-4)9-10-7(5)11/h4H,1-2H2,(H2,9,10,11). The number of hydrogen-bond acceptors (Lipinski definition) is 2. The monoisotopic (exact) mass is 149 g/mol. The molecule has 0 spiro atoms. The quantitative estimate of drug-likeness (QED) is 0.608. The lowest BCUT2D eigenvalue weighted by Crippen LogP contribution is -2.02. The van der Waals surface area contributed by atoms with Crippen LogP contribution in [0.25, 0.3) is 0 Å². The molecular weight excluding hydrogens is 142 g/mol. The van der Waals surface area contributed by atoms with Crippen LogP contribution in [0.4, 0.5) is 0 Å². The van der Waals surface area contributed by atoms with Crippen molar-refractivity contribution in [2.75, 3.05) is 0 Å². The van der Waals surface area contributed by atoms with Crippen molar-refractivity contribution in [1.29, 1.82) is 5.26 Å². The Kier molecular flexibility index (Phi) is 1.13. The Morgan fingerprint density at radius 2 is 2.18 bits per heavy atom. The molecule has 0 atom stereocenters. The first-order valence-electron chi connectivity index (χ1n) is 3.53. The SMILES string of the molecule is N#Cc1c(C2CC2)[nH][nH]c1=O. The van der Waals surface area contributed by atoms with Gasteiger partial charge in [-0.1, -0.05) is 0 Å². The maximum absolute atomic E-state index is 10.9. The molecule has 0 unspecified atom stereocenters. The first-order valence-corrected chi connectivity index (χ1v) is 3.53. The van der Waals surface area contributed by atoms with Gasteiger partial charge in [-0.25, -0.2) is 0 Å². The van der Waals surface area contributed by atoms with Crippen LogP contribution in [0, 0.1) is 11.3 Å². The summed E-state index contributed by atoms with van der Waals surface area (Å²) in [6.07, 6.45) is 2.17. The predicted molar refractivity (Wildman–Crippen MR) is 38.1 cm³/mol. The highest BCUT2D eigenvalue weighted by atomic mass is 16.1. The molecule has 4 heteroatoms. The molecule has 1 saturated carbocycles. The van der Waals surface area contributed by atoms with Crippen LogP contribution in [0.15, 0.2) is 4.79 Å². The highest BCUT2D eigenvalue weighted by molar-refractivity contribution is 5.34. The third kappa shape index (κ3) is 0.855. The van der Waals surface area contributed by atoms with Crippen LogP contribution in [0.5, 0.6) is 0 Å². The summed E-state index contributed by atoms with van der Waals surface area (Å²) < 4.78 is 0. The van der Waals surface area contributed by atoms with Crippen LogP contribution in [-0.2, 0) is 0 Å². The van der Waals surface area contributed by atoms with Crippen LogP contribution in [-0.4, -0.2) is 10.2 Å². The van der Waals surface area contributed by atoms with Crippen LogP contribution in [0.1, 0.15) is 30.0 Å². The third-order valence-corrected chi connectivity index (χ3v) is 1.90. The Morgan fingerprint density at radius 1 is 1.45 bits per heavy atom. The molecule has 11 heavy (non-hydrogen) atoms. The topological polar surface area (TPSA) is 72.4 Å². The van der Waals surface area contributed by atoms with E-state index in [1.54, 1.807) is 0 Å². The molecule has 0 bridgehead atoms. The van der Waals surface area contributed by atoms with E-state index in [4.69, 9.17) is 5.26 Å². The number of nitriles is 1. The third-order valence-electron chi connectivity index (χ3n) is 1.90. The highest BCUT2D eigenvalue weighted by Gasteiger charge is 2.28. The summed E-state index contributed by atoms with van der Waals surface area (Å²) in [6, 6.07) is 1.89. The Labute approximate surface area is 62.8 Å². The van der Waals surface area contributed by atoms with Gasteiger partial charge in [0.2, 0.25) is 0 Å². The van der Waals surface area contributed by atoms with Crippen molar-refractivity contribution in [2.24, 2.45) is 0 Å². The molecule has 0 amide bonds. The van der Waals surface area contributed by atoms with Gasteiger partial charge in [0.1, 0.15) is 11.6 Å². The van der Waals surface area contributed by atoms with Gasteiger partial charge in [0.05, 0.1) is 5.69 Å². The van der Waals surface area contributed by atoms with Gasteiger partial charge >= 0.3 is 0 Å². The Hall–Kier alpha value is -1.50. The molecule has 0 radical (unpaired) electrons. The Balaban J connectivity index is 2.55. The molecule has 4 nitrogen and oxygen atoms in total. The summed E-state index contributed by atoms with van der Waals surface area (Å²) in [5, 5.41) is 13.7. The van der Waals surface area contributed by atoms with E-state index < -0.39 is 0 Å². The molecule has 0 saturated heterocycles. The van der Waals surface area contributed by atoms with Gasteiger partial charge in [-0.15, -0.1) is 0 Å². The first kappa shape index (κ1) is 6.23. The zero-order chi connectivity index (χ0) is 7.84. The number of nitrogens with zero attached hydrogens (tertiary/aromatic N) is 1. The van der Waals surface area contributed by atoms with Gasteiger partial charge in [-0.05, 0) is 12.8 Å². The van der Waals surface area contributed by atoms with Crippen molar-refractivity contribution in [3.05, 3.63) is 21.6 Å². The summed E-state index contributed by atoms with van der Waals surface area (Å²) in [7, 11) is 0. The zero-order valence-electron chi connectivity index (χ0n) is 5.85. The van der Waals surface area contributed by atoms with Crippen molar-refractivity contribution in [3.63, 3.8) is 0 Å². The van der Waals surface area contributed by atoms with E-state index in [9.17, 15) is 4.79 Å². The Bertz CT molecular complexity index is 364. The molecule has 2 N–H and O–H groups in total. The highest BCUT2D eigenvalue weighted by Crippen LogP contribution is 2.39. The molecule has 1 aliphatic rings. The number of aromatic nitrogens is 2. The number of aromatic amines is 2. The summed E-state index contributed by atoms with van der Waals surface area (Å²) in [5.74, 6) is 0.420. The van der Waals surface area contributed by atoms with Gasteiger partial charge in [0.15, 0.2) is 0 Å². The predicted octanol–water partition coefficient (Wildman–Crippen LogP) is 0.452. The van der Waals surface area contributed by atoms with E-state index >= 15 is 0 Å². The average molecular weight is 149 g/mol. The fraction of sp³-hybridized carbons (Fsp3) is 0.429. The molecule has 2 rings (SSSR count). The maximum Gasteiger partial charge on any atom is 0.282 e. The zero-order valence-corrected chi connectivity index (χ0v) is 5.85. The van der Waals surface area contributed by atoms with E-state index in [0.717, 1.165) is 18.5 Å². The molecule has 0 aliphatic heterocycles. The van der Waals surface area contributed by atoms with Gasteiger partial charge in [0, 0.05) is 5.92 Å². The summed E-state index contributed by atoms with van der Waals surface area (Å²) >= 11 is 0. The molecule has 1 heterocycles. The number of rotatable bonds is 1. The minimum atomic E-state index is -0.297. The number of hydrogen-bond donors (Lipinski definition) is 2. The smallest absolute Gasteiger partial charge is 0.282 e. The minimum Gasteiger partial charge on any atom is -0.301 e. The van der Waals surface area contributed by atoms with Crippen molar-refractivity contribution in [1.82, 2.24) is 10.2 Å². The lowest BCUT2D eigenvalue weighted by atomic mass is 10.2. The molecule has 1 aromatic rings. The van der Waals surface area contributed by atoms with Crippen molar-refractivity contribution < 1.29 is 0 Å². The fourth-order valence-corrected chi connectivity index (χ4v) is 1.16. The van der Waals surface area contributed by atoms with E-state index in [2.05, 4.69) is 10.2 Å². The number of nitrogens with one attached hydrogen (secondary N) is 2. The lowest BCUT2D eigenvalue weighted by molar-refractivity contribution is 0.954. The van der Waals surface area contributed by atoms with Gasteiger partial charge in [-0.3, -0.25) is 9.89 Å². The fourth-order valence-electron chi connectivity index (χ4n) is 1.16. The molecule has 1 aromatic heterocycles. The summed E-state index contributed by atoms with van der Waals surface area (Å²) in [5.41, 5.74) is 0.749. The second-order valence-electron chi connectivity index (χ2n) is 2.75. The van der Waals surface area contributed by atoms with Crippen molar-refractivity contribution in [3.8, 4) is 6.07 Å². The average Bonchev–Trinajstić information content (AvgIpc) is 2.76. The van der Waals surface area contributed by atoms with E-state index in [-0.39, 0.29) is 11.1 Å². The van der Waals surface area contributed by atoms with Crippen LogP contribution >= 0.6 is 0 Å². The maximum atomic E-state index is 10.9.